The van der Waals surface area contributed by atoms with E-state index in [2.05, 4.69) is 30.5 Å². The van der Waals surface area contributed by atoms with Crippen LogP contribution >= 0.6 is 0 Å². The highest BCUT2D eigenvalue weighted by Gasteiger charge is 2.10. The summed E-state index contributed by atoms with van der Waals surface area (Å²) < 4.78 is 0. The van der Waals surface area contributed by atoms with Gasteiger partial charge in [0.1, 0.15) is 5.82 Å². The molecule has 0 fully saturated rings. The van der Waals surface area contributed by atoms with E-state index in [1.54, 1.807) is 6.20 Å². The number of anilines is 2. The molecule has 0 aliphatic rings. The summed E-state index contributed by atoms with van der Waals surface area (Å²) >= 11 is 0. The molecule has 110 valence electrons. The number of aromatic nitrogens is 5. The van der Waals surface area contributed by atoms with Crippen LogP contribution in [-0.2, 0) is 0 Å². The molecule has 0 aliphatic carbocycles. The standard InChI is InChI=1S/C17H12N6/c1-2-6-12(7-3-1)15-20-14-9-5-4-8-13(14)16(21-15)22-17-18-10-11-19-23-17/h1-11H,(H,18,20,21,22,23). The maximum absolute atomic E-state index is 4.64. The summed E-state index contributed by atoms with van der Waals surface area (Å²) in [5.41, 5.74) is 1.81. The van der Waals surface area contributed by atoms with Gasteiger partial charge in [0.15, 0.2) is 5.82 Å². The second-order valence-corrected chi connectivity index (χ2v) is 4.87. The minimum absolute atomic E-state index is 0.398. The first-order chi connectivity index (χ1) is 11.4. The number of benzene rings is 2. The molecule has 0 spiro atoms. The van der Waals surface area contributed by atoms with Crippen molar-refractivity contribution >= 4 is 22.7 Å². The Morgan fingerprint density at radius 1 is 0.783 bits per heavy atom. The number of hydrogen-bond donors (Lipinski definition) is 1. The number of fused-ring (bicyclic) bond motifs is 1. The largest absolute Gasteiger partial charge is 0.307 e. The fourth-order valence-corrected chi connectivity index (χ4v) is 2.30. The highest BCUT2D eigenvalue weighted by molar-refractivity contribution is 5.91. The highest BCUT2D eigenvalue weighted by atomic mass is 15.2. The molecule has 0 aliphatic heterocycles. The summed E-state index contributed by atoms with van der Waals surface area (Å²) in [7, 11) is 0. The summed E-state index contributed by atoms with van der Waals surface area (Å²) in [4.78, 5) is 13.4. The molecule has 4 rings (SSSR count). The van der Waals surface area contributed by atoms with E-state index in [0.717, 1.165) is 16.5 Å². The molecule has 2 aromatic carbocycles. The molecule has 0 radical (unpaired) electrons. The van der Waals surface area contributed by atoms with Crippen molar-refractivity contribution in [1.82, 2.24) is 25.1 Å². The lowest BCUT2D eigenvalue weighted by Crippen LogP contribution is -2.02. The summed E-state index contributed by atoms with van der Waals surface area (Å²) in [5, 5.41) is 11.8. The van der Waals surface area contributed by atoms with E-state index in [4.69, 9.17) is 0 Å². The fourth-order valence-electron chi connectivity index (χ4n) is 2.30. The number of hydrogen-bond acceptors (Lipinski definition) is 6. The van der Waals surface area contributed by atoms with Gasteiger partial charge in [-0.25, -0.2) is 15.0 Å². The van der Waals surface area contributed by atoms with Gasteiger partial charge in [-0.05, 0) is 12.1 Å². The Balaban J connectivity index is 1.87. The van der Waals surface area contributed by atoms with Crippen LogP contribution in [-0.4, -0.2) is 25.1 Å². The van der Waals surface area contributed by atoms with Crippen LogP contribution in [0.1, 0.15) is 0 Å². The molecule has 1 N–H and O–H groups in total. The molecule has 23 heavy (non-hydrogen) atoms. The topological polar surface area (TPSA) is 76.5 Å². The molecule has 6 nitrogen and oxygen atoms in total. The Labute approximate surface area is 132 Å². The highest BCUT2D eigenvalue weighted by Crippen LogP contribution is 2.25. The SMILES string of the molecule is c1ccc(-c2nc(Nc3nccnn3)c3ccccc3n2)cc1. The van der Waals surface area contributed by atoms with Crippen molar-refractivity contribution in [3.63, 3.8) is 0 Å². The molecule has 0 bridgehead atoms. The fraction of sp³-hybridized carbons (Fsp3) is 0. The first-order valence-corrected chi connectivity index (χ1v) is 7.13. The van der Waals surface area contributed by atoms with Crippen molar-refractivity contribution < 1.29 is 0 Å². The molecule has 0 amide bonds. The van der Waals surface area contributed by atoms with E-state index in [1.807, 2.05) is 54.6 Å². The van der Waals surface area contributed by atoms with Crippen molar-refractivity contribution in [1.29, 1.82) is 0 Å². The van der Waals surface area contributed by atoms with E-state index >= 15 is 0 Å². The maximum Gasteiger partial charge on any atom is 0.248 e. The lowest BCUT2D eigenvalue weighted by atomic mass is 10.2. The van der Waals surface area contributed by atoms with E-state index in [1.165, 1.54) is 6.20 Å². The van der Waals surface area contributed by atoms with E-state index in [9.17, 15) is 0 Å². The van der Waals surface area contributed by atoms with Crippen molar-refractivity contribution in [2.75, 3.05) is 5.32 Å². The van der Waals surface area contributed by atoms with Gasteiger partial charge in [-0.15, -0.1) is 5.10 Å². The summed E-state index contributed by atoms with van der Waals surface area (Å²) in [6, 6.07) is 17.7. The first kappa shape index (κ1) is 13.3. The average Bonchev–Trinajstić information content (AvgIpc) is 2.63. The second-order valence-electron chi connectivity index (χ2n) is 4.87. The van der Waals surface area contributed by atoms with Crippen LogP contribution in [0.2, 0.25) is 0 Å². The third-order valence-electron chi connectivity index (χ3n) is 3.35. The van der Waals surface area contributed by atoms with Crippen molar-refractivity contribution in [3.05, 3.63) is 67.0 Å². The summed E-state index contributed by atoms with van der Waals surface area (Å²) in [5.74, 6) is 1.70. The van der Waals surface area contributed by atoms with Crippen molar-refractivity contribution in [3.8, 4) is 11.4 Å². The van der Waals surface area contributed by atoms with Crippen LogP contribution in [0, 0.1) is 0 Å². The van der Waals surface area contributed by atoms with Crippen LogP contribution in [0.15, 0.2) is 67.0 Å². The molecular formula is C17H12N6. The minimum atomic E-state index is 0.398. The third-order valence-corrected chi connectivity index (χ3v) is 3.35. The summed E-state index contributed by atoms with van der Waals surface area (Å²) in [6.07, 6.45) is 3.11. The molecule has 2 aromatic heterocycles. The molecule has 2 heterocycles. The van der Waals surface area contributed by atoms with E-state index < -0.39 is 0 Å². The van der Waals surface area contributed by atoms with Gasteiger partial charge < -0.3 is 5.32 Å². The monoisotopic (exact) mass is 300 g/mol. The summed E-state index contributed by atoms with van der Waals surface area (Å²) in [6.45, 7) is 0. The van der Waals surface area contributed by atoms with Gasteiger partial charge in [-0.2, -0.15) is 5.10 Å². The van der Waals surface area contributed by atoms with Gasteiger partial charge in [-0.3, -0.25) is 0 Å². The Kier molecular flexibility index (Phi) is 3.32. The molecule has 4 aromatic rings. The zero-order chi connectivity index (χ0) is 15.5. The van der Waals surface area contributed by atoms with Gasteiger partial charge in [0.25, 0.3) is 0 Å². The van der Waals surface area contributed by atoms with Crippen LogP contribution in [0.4, 0.5) is 11.8 Å². The number of nitrogens with zero attached hydrogens (tertiary/aromatic N) is 5. The van der Waals surface area contributed by atoms with Crippen LogP contribution in [0.5, 0.6) is 0 Å². The Morgan fingerprint density at radius 2 is 1.61 bits per heavy atom. The van der Waals surface area contributed by atoms with Gasteiger partial charge in [0.05, 0.1) is 17.9 Å². The van der Waals surface area contributed by atoms with Crippen molar-refractivity contribution in [2.24, 2.45) is 0 Å². The Bertz CT molecular complexity index is 941. The van der Waals surface area contributed by atoms with E-state index in [0.29, 0.717) is 17.6 Å². The van der Waals surface area contributed by atoms with Crippen LogP contribution in [0.25, 0.3) is 22.3 Å². The van der Waals surface area contributed by atoms with Gasteiger partial charge in [0.2, 0.25) is 5.95 Å². The lowest BCUT2D eigenvalue weighted by molar-refractivity contribution is 0.975. The Morgan fingerprint density at radius 3 is 2.43 bits per heavy atom. The maximum atomic E-state index is 4.64. The number of para-hydroxylation sites is 1. The number of nitrogens with one attached hydrogen (secondary N) is 1. The average molecular weight is 300 g/mol. The van der Waals surface area contributed by atoms with Gasteiger partial charge in [-0.1, -0.05) is 42.5 Å². The minimum Gasteiger partial charge on any atom is -0.307 e. The first-order valence-electron chi connectivity index (χ1n) is 7.13. The Hall–Kier alpha value is -3.41. The van der Waals surface area contributed by atoms with Crippen LogP contribution < -0.4 is 5.32 Å². The van der Waals surface area contributed by atoms with Gasteiger partial charge in [0, 0.05) is 10.9 Å². The molecule has 0 atom stereocenters. The van der Waals surface area contributed by atoms with Crippen LogP contribution in [0.3, 0.4) is 0 Å². The molecule has 0 unspecified atom stereocenters. The molecule has 6 heteroatoms. The van der Waals surface area contributed by atoms with Gasteiger partial charge >= 0.3 is 0 Å². The normalized spacial score (nSPS) is 10.6. The predicted molar refractivity (Wildman–Crippen MR) is 88.1 cm³/mol. The quantitative estimate of drug-likeness (QED) is 0.626. The lowest BCUT2D eigenvalue weighted by Gasteiger charge is -2.09. The zero-order valence-electron chi connectivity index (χ0n) is 12.1. The molecule has 0 saturated heterocycles. The molecular weight excluding hydrogens is 288 g/mol. The van der Waals surface area contributed by atoms with E-state index in [-0.39, 0.29) is 0 Å². The number of rotatable bonds is 3. The zero-order valence-corrected chi connectivity index (χ0v) is 12.1. The third kappa shape index (κ3) is 2.69. The molecule has 0 saturated carbocycles. The second kappa shape index (κ2) is 5.76. The smallest absolute Gasteiger partial charge is 0.248 e. The predicted octanol–water partition coefficient (Wildman–Crippen LogP) is 3.23. The van der Waals surface area contributed by atoms with Crippen molar-refractivity contribution in [2.45, 2.75) is 0 Å².